The van der Waals surface area contributed by atoms with Gasteiger partial charge in [-0.1, -0.05) is 29.8 Å². The van der Waals surface area contributed by atoms with Crippen LogP contribution in [-0.2, 0) is 16.7 Å². The van der Waals surface area contributed by atoms with Gasteiger partial charge in [0.25, 0.3) is 0 Å². The molecule has 0 saturated heterocycles. The first-order chi connectivity index (χ1) is 13.5. The van der Waals surface area contributed by atoms with Gasteiger partial charge < -0.3 is 19.7 Å². The summed E-state index contributed by atoms with van der Waals surface area (Å²) in [5.41, 5.74) is 1.57. The van der Waals surface area contributed by atoms with Crippen LogP contribution < -0.4 is 4.74 Å². The van der Waals surface area contributed by atoms with Gasteiger partial charge in [-0.15, -0.1) is 0 Å². The van der Waals surface area contributed by atoms with Crippen molar-refractivity contribution in [3.05, 3.63) is 81.4 Å². The Kier molecular flexibility index (Phi) is 3.46. The first-order valence-electron chi connectivity index (χ1n) is 8.86. The summed E-state index contributed by atoms with van der Waals surface area (Å²) in [7, 11) is 1.90. The molecule has 2 aliphatic rings. The summed E-state index contributed by atoms with van der Waals surface area (Å²) in [6.07, 6.45) is 0.510. The largest absolute Gasteiger partial charge is 0.508 e. The molecule has 5 rings (SSSR count). The zero-order valence-corrected chi connectivity index (χ0v) is 15.6. The molecule has 2 aliphatic heterocycles. The van der Waals surface area contributed by atoms with Crippen molar-refractivity contribution < 1.29 is 24.5 Å². The summed E-state index contributed by atoms with van der Waals surface area (Å²) in [4.78, 5) is 12.7. The van der Waals surface area contributed by atoms with Crippen LogP contribution in [0.4, 0.5) is 0 Å². The molecular formula is C21H14BClO5. The molecule has 0 fully saturated rings. The molecule has 0 saturated carbocycles. The highest BCUT2D eigenvalue weighted by molar-refractivity contribution is 6.32. The highest BCUT2D eigenvalue weighted by atomic mass is 35.5. The van der Waals surface area contributed by atoms with Crippen LogP contribution in [0.1, 0.15) is 32.6 Å². The number of phenolic OH excluding ortho intramolecular Hbond substituents is 2. The second kappa shape index (κ2) is 5.69. The second-order valence-corrected chi connectivity index (χ2v) is 7.22. The number of carbonyl (C=O) groups excluding carboxylic acids is 1. The Morgan fingerprint density at radius 1 is 1.00 bits per heavy atom. The van der Waals surface area contributed by atoms with E-state index in [0.717, 1.165) is 0 Å². The van der Waals surface area contributed by atoms with E-state index < -0.39 is 11.6 Å². The molecule has 0 aliphatic carbocycles. The molecule has 138 valence electrons. The fraction of sp³-hybridized carbons (Fsp3) is 0.0952. The molecule has 0 bridgehead atoms. The third-order valence-corrected chi connectivity index (χ3v) is 5.68. The van der Waals surface area contributed by atoms with Gasteiger partial charge in [-0.2, -0.15) is 0 Å². The maximum atomic E-state index is 12.7. The van der Waals surface area contributed by atoms with Crippen LogP contribution in [0.25, 0.3) is 0 Å². The van der Waals surface area contributed by atoms with Gasteiger partial charge in [0.2, 0.25) is 0 Å². The Bertz CT molecular complexity index is 1180. The molecule has 7 heteroatoms. The van der Waals surface area contributed by atoms with Crippen molar-refractivity contribution in [3.8, 4) is 23.0 Å². The van der Waals surface area contributed by atoms with Crippen molar-refractivity contribution in [2.75, 3.05) is 0 Å². The maximum Gasteiger partial charge on any atom is 0.340 e. The molecule has 2 N–H and O–H groups in total. The van der Waals surface area contributed by atoms with Gasteiger partial charge >= 0.3 is 5.97 Å². The number of fused-ring (bicyclic) bond motifs is 6. The lowest BCUT2D eigenvalue weighted by atomic mass is 9.76. The zero-order chi connectivity index (χ0) is 19.6. The van der Waals surface area contributed by atoms with Gasteiger partial charge in [0.1, 0.15) is 30.8 Å². The van der Waals surface area contributed by atoms with Crippen LogP contribution in [-0.4, -0.2) is 24.0 Å². The monoisotopic (exact) mass is 392 g/mol. The van der Waals surface area contributed by atoms with Crippen LogP contribution in [0.3, 0.4) is 0 Å². The molecule has 28 heavy (non-hydrogen) atoms. The summed E-state index contributed by atoms with van der Waals surface area (Å²) in [6.45, 7) is 0. The topological polar surface area (TPSA) is 76.0 Å². The number of esters is 1. The molecule has 0 aromatic heterocycles. The molecule has 0 radical (unpaired) electrons. The van der Waals surface area contributed by atoms with E-state index in [-0.39, 0.29) is 16.5 Å². The van der Waals surface area contributed by atoms with Crippen LogP contribution in [0.5, 0.6) is 23.0 Å². The van der Waals surface area contributed by atoms with Gasteiger partial charge in [0.05, 0.1) is 10.6 Å². The van der Waals surface area contributed by atoms with Crippen molar-refractivity contribution in [3.63, 3.8) is 0 Å². The first-order valence-corrected chi connectivity index (χ1v) is 9.24. The van der Waals surface area contributed by atoms with Crippen molar-refractivity contribution in [2.45, 2.75) is 11.9 Å². The lowest BCUT2D eigenvalue weighted by molar-refractivity contribution is 0.0223. The van der Waals surface area contributed by atoms with E-state index in [0.29, 0.717) is 45.6 Å². The normalized spacial score (nSPS) is 18.8. The Hall–Kier alpha value is -3.12. The fourth-order valence-corrected chi connectivity index (χ4v) is 4.29. The smallest absolute Gasteiger partial charge is 0.340 e. The predicted octanol–water partition coefficient (Wildman–Crippen LogP) is 3.45. The van der Waals surface area contributed by atoms with Gasteiger partial charge in [-0.3, -0.25) is 0 Å². The van der Waals surface area contributed by atoms with Crippen molar-refractivity contribution in [1.29, 1.82) is 0 Å². The first kappa shape index (κ1) is 17.0. The minimum absolute atomic E-state index is 0.0932. The zero-order valence-electron chi connectivity index (χ0n) is 14.8. The SMILES string of the molecule is BCc1c(O)ccc2c1Oc1cc(O)c(Cl)cc1C21OC(=O)c2ccccc21. The molecule has 1 spiro atoms. The van der Waals surface area contributed by atoms with Crippen LogP contribution in [0.15, 0.2) is 48.5 Å². The number of hydrogen-bond acceptors (Lipinski definition) is 5. The van der Waals surface area contributed by atoms with Crippen LogP contribution >= 0.6 is 11.6 Å². The highest BCUT2D eigenvalue weighted by Crippen LogP contribution is 2.58. The Labute approximate surface area is 166 Å². The summed E-state index contributed by atoms with van der Waals surface area (Å²) in [6, 6.07) is 13.4. The average molecular weight is 393 g/mol. The minimum atomic E-state index is -1.27. The molecule has 1 unspecified atom stereocenters. The molecule has 5 nitrogen and oxygen atoms in total. The van der Waals surface area contributed by atoms with Crippen molar-refractivity contribution >= 4 is 25.4 Å². The maximum absolute atomic E-state index is 12.7. The number of halogens is 1. The number of rotatable bonds is 1. The number of carbonyl (C=O) groups is 1. The van der Waals surface area contributed by atoms with E-state index in [2.05, 4.69) is 0 Å². The van der Waals surface area contributed by atoms with E-state index in [9.17, 15) is 15.0 Å². The van der Waals surface area contributed by atoms with E-state index in [1.165, 1.54) is 6.07 Å². The van der Waals surface area contributed by atoms with Crippen molar-refractivity contribution in [2.24, 2.45) is 0 Å². The third kappa shape index (κ3) is 2.01. The van der Waals surface area contributed by atoms with Gasteiger partial charge in [-0.05, 0) is 30.6 Å². The van der Waals surface area contributed by atoms with Crippen molar-refractivity contribution in [1.82, 2.24) is 0 Å². The summed E-state index contributed by atoms with van der Waals surface area (Å²) >= 11 is 6.20. The molecule has 3 aromatic rings. The number of phenols is 2. The van der Waals surface area contributed by atoms with Gasteiger partial charge in [0, 0.05) is 28.3 Å². The van der Waals surface area contributed by atoms with E-state index in [1.807, 2.05) is 20.0 Å². The summed E-state index contributed by atoms with van der Waals surface area (Å²) in [5.74, 6) is 0.232. The second-order valence-electron chi connectivity index (χ2n) is 6.81. The average Bonchev–Trinajstić information content (AvgIpc) is 2.97. The number of hydrogen-bond donors (Lipinski definition) is 2. The summed E-state index contributed by atoms with van der Waals surface area (Å²) in [5, 5.41) is 20.6. The van der Waals surface area contributed by atoms with E-state index in [1.54, 1.807) is 30.3 Å². The van der Waals surface area contributed by atoms with E-state index >= 15 is 0 Å². The molecule has 3 aromatic carbocycles. The molecular weight excluding hydrogens is 378 g/mol. The van der Waals surface area contributed by atoms with Crippen LogP contribution in [0, 0.1) is 0 Å². The Balaban J connectivity index is 1.94. The highest BCUT2D eigenvalue weighted by Gasteiger charge is 2.54. The quantitative estimate of drug-likeness (QED) is 0.490. The molecule has 2 heterocycles. The number of benzene rings is 3. The minimum Gasteiger partial charge on any atom is -0.508 e. The Morgan fingerprint density at radius 3 is 2.57 bits per heavy atom. The molecule has 1 atom stereocenters. The van der Waals surface area contributed by atoms with Crippen LogP contribution in [0.2, 0.25) is 5.02 Å². The molecule has 0 amide bonds. The summed E-state index contributed by atoms with van der Waals surface area (Å²) < 4.78 is 12.1. The third-order valence-electron chi connectivity index (χ3n) is 5.38. The number of ether oxygens (including phenoxy) is 2. The lowest BCUT2D eigenvalue weighted by Crippen LogP contribution is -2.33. The predicted molar refractivity (Wildman–Crippen MR) is 105 cm³/mol. The number of aromatic hydroxyl groups is 2. The van der Waals surface area contributed by atoms with Gasteiger partial charge in [0.15, 0.2) is 5.60 Å². The standard InChI is InChI=1S/C21H14BClO5/c22-9-11-16(24)6-5-13-19(11)27-18-8-17(25)15(23)7-14(18)21(13)12-4-2-1-3-10(12)20(26)28-21/h1-8,24-25H,9,22H2. The van der Waals surface area contributed by atoms with Gasteiger partial charge in [-0.25, -0.2) is 4.79 Å². The fourth-order valence-electron chi connectivity index (χ4n) is 4.13. The van der Waals surface area contributed by atoms with E-state index in [4.69, 9.17) is 21.1 Å². The lowest BCUT2D eigenvalue weighted by Gasteiger charge is -2.37. The Morgan fingerprint density at radius 2 is 1.79 bits per heavy atom.